The summed E-state index contributed by atoms with van der Waals surface area (Å²) in [6, 6.07) is 2.39. The van der Waals surface area contributed by atoms with Crippen molar-refractivity contribution in [3.63, 3.8) is 0 Å². The molecule has 1 heteroatoms. The van der Waals surface area contributed by atoms with Crippen molar-refractivity contribution >= 4 is 0 Å². The van der Waals surface area contributed by atoms with E-state index in [4.69, 9.17) is 4.74 Å². The van der Waals surface area contributed by atoms with Gasteiger partial charge in [0.25, 0.3) is 0 Å². The first-order valence-corrected chi connectivity index (χ1v) is 9.84. The fourth-order valence-electron chi connectivity index (χ4n) is 3.33. The highest BCUT2D eigenvalue weighted by Gasteiger charge is 2.30. The van der Waals surface area contributed by atoms with Gasteiger partial charge in [0.15, 0.2) is 0 Å². The van der Waals surface area contributed by atoms with Crippen molar-refractivity contribution in [1.29, 1.82) is 0 Å². The SMILES string of the molecule is CCCCOc1c(C(C)(C)C)cc(C)c(CCCC)c1C(C)(C)C. The Morgan fingerprint density at radius 2 is 1.46 bits per heavy atom. The van der Waals surface area contributed by atoms with E-state index in [9.17, 15) is 0 Å². The molecule has 0 aliphatic heterocycles. The van der Waals surface area contributed by atoms with Gasteiger partial charge in [-0.05, 0) is 48.1 Å². The molecule has 24 heavy (non-hydrogen) atoms. The maximum atomic E-state index is 6.44. The lowest BCUT2D eigenvalue weighted by atomic mass is 9.75. The average Bonchev–Trinajstić information content (AvgIpc) is 2.44. The van der Waals surface area contributed by atoms with Gasteiger partial charge in [-0.1, -0.05) is 74.3 Å². The zero-order chi connectivity index (χ0) is 18.5. The summed E-state index contributed by atoms with van der Waals surface area (Å²) in [5, 5.41) is 0. The van der Waals surface area contributed by atoms with Gasteiger partial charge in [0.05, 0.1) is 6.61 Å². The second-order valence-corrected chi connectivity index (χ2v) is 9.23. The van der Waals surface area contributed by atoms with Gasteiger partial charge in [-0.25, -0.2) is 0 Å². The summed E-state index contributed by atoms with van der Waals surface area (Å²) in [6.45, 7) is 21.5. The normalized spacial score (nSPS) is 12.5. The molecule has 0 amide bonds. The number of rotatable bonds is 7. The minimum Gasteiger partial charge on any atom is -0.493 e. The fraction of sp³-hybridized carbons (Fsp3) is 0.739. The van der Waals surface area contributed by atoms with Gasteiger partial charge in [0.2, 0.25) is 0 Å². The number of unbranched alkanes of at least 4 members (excludes halogenated alkanes) is 2. The zero-order valence-electron chi connectivity index (χ0n) is 17.7. The smallest absolute Gasteiger partial charge is 0.127 e. The fourth-order valence-corrected chi connectivity index (χ4v) is 3.33. The van der Waals surface area contributed by atoms with E-state index in [2.05, 4.69) is 68.4 Å². The topological polar surface area (TPSA) is 9.23 Å². The minimum absolute atomic E-state index is 0.0929. The van der Waals surface area contributed by atoms with Gasteiger partial charge < -0.3 is 4.74 Å². The van der Waals surface area contributed by atoms with Crippen LogP contribution in [0.15, 0.2) is 6.07 Å². The minimum atomic E-state index is 0.0929. The van der Waals surface area contributed by atoms with Crippen molar-refractivity contribution in [2.24, 2.45) is 0 Å². The predicted octanol–water partition coefficient (Wildman–Crippen LogP) is 7.11. The van der Waals surface area contributed by atoms with E-state index in [0.717, 1.165) is 19.4 Å². The molecule has 0 unspecified atom stereocenters. The quantitative estimate of drug-likeness (QED) is 0.483. The van der Waals surface area contributed by atoms with Crippen molar-refractivity contribution in [3.05, 3.63) is 28.3 Å². The zero-order valence-corrected chi connectivity index (χ0v) is 17.7. The van der Waals surface area contributed by atoms with Crippen LogP contribution in [-0.2, 0) is 17.3 Å². The van der Waals surface area contributed by atoms with Crippen molar-refractivity contribution in [3.8, 4) is 5.75 Å². The van der Waals surface area contributed by atoms with Gasteiger partial charge in [-0.2, -0.15) is 0 Å². The molecular weight excluding hydrogens is 292 g/mol. The molecule has 0 heterocycles. The van der Waals surface area contributed by atoms with E-state index < -0.39 is 0 Å². The van der Waals surface area contributed by atoms with Gasteiger partial charge >= 0.3 is 0 Å². The van der Waals surface area contributed by atoms with E-state index >= 15 is 0 Å². The molecule has 0 saturated heterocycles. The maximum Gasteiger partial charge on any atom is 0.127 e. The standard InChI is InChI=1S/C23H40O/c1-10-12-14-18-17(3)16-19(22(4,5)6)21(24-15-13-11-2)20(18)23(7,8)9/h16H,10-15H2,1-9H3. The van der Waals surface area contributed by atoms with E-state index in [1.807, 2.05) is 0 Å². The van der Waals surface area contributed by atoms with Crippen LogP contribution in [0.1, 0.15) is 103 Å². The van der Waals surface area contributed by atoms with Crippen molar-refractivity contribution in [2.75, 3.05) is 6.61 Å². The van der Waals surface area contributed by atoms with Crippen molar-refractivity contribution in [2.45, 2.75) is 105 Å². The lowest BCUT2D eigenvalue weighted by Gasteiger charge is -2.33. The second kappa shape index (κ2) is 8.41. The monoisotopic (exact) mass is 332 g/mol. The molecule has 0 aliphatic rings. The summed E-state index contributed by atoms with van der Waals surface area (Å²) in [7, 11) is 0. The molecule has 0 saturated carbocycles. The molecule has 138 valence electrons. The van der Waals surface area contributed by atoms with Gasteiger partial charge in [-0.15, -0.1) is 0 Å². The molecule has 0 N–H and O–H groups in total. The Morgan fingerprint density at radius 1 is 0.875 bits per heavy atom. The number of hydrogen-bond acceptors (Lipinski definition) is 1. The average molecular weight is 333 g/mol. The summed E-state index contributed by atoms with van der Waals surface area (Å²) in [6.07, 6.45) is 5.92. The summed E-state index contributed by atoms with van der Waals surface area (Å²) in [5.74, 6) is 1.17. The molecule has 1 aromatic rings. The lowest BCUT2D eigenvalue weighted by molar-refractivity contribution is 0.292. The van der Waals surface area contributed by atoms with Crippen LogP contribution in [0, 0.1) is 6.92 Å². The number of ether oxygens (including phenoxy) is 1. The Bertz CT molecular complexity index is 526. The van der Waals surface area contributed by atoms with Crippen molar-refractivity contribution < 1.29 is 4.74 Å². The predicted molar refractivity (Wildman–Crippen MR) is 108 cm³/mol. The van der Waals surface area contributed by atoms with Crippen LogP contribution in [0.3, 0.4) is 0 Å². The van der Waals surface area contributed by atoms with E-state index in [1.54, 1.807) is 0 Å². The van der Waals surface area contributed by atoms with Gasteiger partial charge in [-0.3, -0.25) is 0 Å². The first-order valence-electron chi connectivity index (χ1n) is 9.84. The third-order valence-corrected chi connectivity index (χ3v) is 4.69. The van der Waals surface area contributed by atoms with Gasteiger partial charge in [0, 0.05) is 11.1 Å². The molecular formula is C23H40O. The first-order chi connectivity index (χ1) is 11.0. The number of aryl methyl sites for hydroxylation is 1. The van der Waals surface area contributed by atoms with Crippen LogP contribution < -0.4 is 4.74 Å². The largest absolute Gasteiger partial charge is 0.493 e. The summed E-state index contributed by atoms with van der Waals surface area (Å²) < 4.78 is 6.44. The molecule has 1 nitrogen and oxygen atoms in total. The van der Waals surface area contributed by atoms with Crippen LogP contribution in [0.5, 0.6) is 5.75 Å². The lowest BCUT2D eigenvalue weighted by Crippen LogP contribution is -2.23. The molecule has 1 aromatic carbocycles. The third kappa shape index (κ3) is 5.26. The summed E-state index contributed by atoms with van der Waals surface area (Å²) in [5.41, 5.74) is 5.94. The highest BCUT2D eigenvalue weighted by molar-refractivity contribution is 5.55. The van der Waals surface area contributed by atoms with Gasteiger partial charge in [0.1, 0.15) is 5.75 Å². The van der Waals surface area contributed by atoms with Crippen molar-refractivity contribution in [1.82, 2.24) is 0 Å². The van der Waals surface area contributed by atoms with E-state index in [0.29, 0.717) is 0 Å². The molecule has 0 spiro atoms. The van der Waals surface area contributed by atoms with Crippen LogP contribution in [0.2, 0.25) is 0 Å². The molecule has 0 radical (unpaired) electrons. The maximum absolute atomic E-state index is 6.44. The van der Waals surface area contributed by atoms with Crippen LogP contribution in [0.4, 0.5) is 0 Å². The third-order valence-electron chi connectivity index (χ3n) is 4.69. The Balaban J connectivity index is 3.61. The highest BCUT2D eigenvalue weighted by atomic mass is 16.5. The first kappa shape index (κ1) is 21.1. The Kier molecular flexibility index (Phi) is 7.38. The van der Waals surface area contributed by atoms with E-state index in [-0.39, 0.29) is 10.8 Å². The van der Waals surface area contributed by atoms with Crippen LogP contribution in [0.25, 0.3) is 0 Å². The van der Waals surface area contributed by atoms with E-state index in [1.165, 1.54) is 47.3 Å². The second-order valence-electron chi connectivity index (χ2n) is 9.23. The molecule has 0 bridgehead atoms. The molecule has 1 rings (SSSR count). The Morgan fingerprint density at radius 3 is 1.92 bits per heavy atom. The number of hydrogen-bond donors (Lipinski definition) is 0. The Hall–Kier alpha value is -0.980. The summed E-state index contributed by atoms with van der Waals surface area (Å²) >= 11 is 0. The van der Waals surface area contributed by atoms with Crippen LogP contribution in [-0.4, -0.2) is 6.61 Å². The molecule has 0 atom stereocenters. The molecule has 0 fully saturated rings. The Labute approximate surface area is 151 Å². The highest BCUT2D eigenvalue weighted by Crippen LogP contribution is 2.43. The number of benzene rings is 1. The summed E-state index contributed by atoms with van der Waals surface area (Å²) in [4.78, 5) is 0. The molecule has 0 aliphatic carbocycles. The molecule has 0 aromatic heterocycles. The van der Waals surface area contributed by atoms with Crippen LogP contribution >= 0.6 is 0 Å².